The monoisotopic (exact) mass is 335 g/mol. The lowest BCUT2D eigenvalue weighted by Crippen LogP contribution is -2.50. The van der Waals surface area contributed by atoms with Gasteiger partial charge in [-0.3, -0.25) is 4.90 Å². The average molecular weight is 335 g/mol. The molecule has 2 fully saturated rings. The molecule has 2 heterocycles. The molecule has 2 amide bonds. The van der Waals surface area contributed by atoms with Gasteiger partial charge in [0.25, 0.3) is 0 Å². The predicted molar refractivity (Wildman–Crippen MR) is 90.3 cm³/mol. The van der Waals surface area contributed by atoms with Gasteiger partial charge in [-0.25, -0.2) is 9.18 Å². The zero-order valence-corrected chi connectivity index (χ0v) is 14.4. The molecule has 24 heavy (non-hydrogen) atoms. The van der Waals surface area contributed by atoms with Crippen molar-refractivity contribution in [2.75, 3.05) is 32.8 Å². The summed E-state index contributed by atoms with van der Waals surface area (Å²) in [7, 11) is 0. The summed E-state index contributed by atoms with van der Waals surface area (Å²) in [5, 5.41) is 3.13. The summed E-state index contributed by atoms with van der Waals surface area (Å²) in [6, 6.07) is 7.07. The first-order valence-corrected chi connectivity index (χ1v) is 8.69. The van der Waals surface area contributed by atoms with Gasteiger partial charge in [0.1, 0.15) is 11.9 Å². The highest BCUT2D eigenvalue weighted by molar-refractivity contribution is 5.74. The number of carbonyl (C=O) groups is 1. The van der Waals surface area contributed by atoms with Gasteiger partial charge in [0, 0.05) is 31.7 Å². The molecule has 0 bridgehead atoms. The van der Waals surface area contributed by atoms with Crippen LogP contribution in [-0.4, -0.2) is 60.7 Å². The Hall–Kier alpha value is -1.66. The van der Waals surface area contributed by atoms with Crippen molar-refractivity contribution < 1.29 is 13.9 Å². The van der Waals surface area contributed by atoms with E-state index in [1.807, 2.05) is 6.07 Å². The Morgan fingerprint density at radius 3 is 2.88 bits per heavy atom. The van der Waals surface area contributed by atoms with Gasteiger partial charge in [0.05, 0.1) is 13.2 Å². The van der Waals surface area contributed by atoms with Crippen molar-refractivity contribution in [3.63, 3.8) is 0 Å². The third-order valence-corrected chi connectivity index (χ3v) is 4.85. The fourth-order valence-corrected chi connectivity index (χ4v) is 3.38. The Bertz CT molecular complexity index is 581. The molecule has 2 aliphatic heterocycles. The van der Waals surface area contributed by atoms with Crippen molar-refractivity contribution >= 4 is 6.03 Å². The lowest BCUT2D eigenvalue weighted by Gasteiger charge is -2.34. The Morgan fingerprint density at radius 1 is 1.33 bits per heavy atom. The van der Waals surface area contributed by atoms with Crippen LogP contribution in [0.3, 0.4) is 0 Å². The average Bonchev–Trinajstić information content (AvgIpc) is 3.04. The van der Waals surface area contributed by atoms with E-state index in [1.54, 1.807) is 11.0 Å². The van der Waals surface area contributed by atoms with Gasteiger partial charge in [0.2, 0.25) is 0 Å². The van der Waals surface area contributed by atoms with Crippen LogP contribution in [0.4, 0.5) is 9.18 Å². The number of nitrogens with one attached hydrogen (secondary N) is 1. The van der Waals surface area contributed by atoms with Gasteiger partial charge in [0.15, 0.2) is 0 Å². The zero-order valence-electron chi connectivity index (χ0n) is 14.4. The van der Waals surface area contributed by atoms with E-state index in [2.05, 4.69) is 24.1 Å². The van der Waals surface area contributed by atoms with Crippen molar-refractivity contribution in [3.05, 3.63) is 35.6 Å². The molecule has 3 rings (SSSR count). The SMILES string of the molecule is CC(C)N1CC[C@@H](NC(=O)N2CCO[C@H](c3cccc(F)c3)C2)C1. The summed E-state index contributed by atoms with van der Waals surface area (Å²) in [4.78, 5) is 16.7. The molecule has 0 radical (unpaired) electrons. The predicted octanol–water partition coefficient (Wildman–Crippen LogP) is 2.39. The maximum absolute atomic E-state index is 13.4. The van der Waals surface area contributed by atoms with Crippen LogP contribution in [0.2, 0.25) is 0 Å². The first kappa shape index (κ1) is 17.2. The second-order valence-electron chi connectivity index (χ2n) is 6.88. The maximum Gasteiger partial charge on any atom is 0.317 e. The number of amides is 2. The van der Waals surface area contributed by atoms with Crippen molar-refractivity contribution in [2.45, 2.75) is 38.5 Å². The molecule has 0 spiro atoms. The van der Waals surface area contributed by atoms with Crippen molar-refractivity contribution in [1.29, 1.82) is 0 Å². The third kappa shape index (κ3) is 4.05. The molecule has 0 aliphatic carbocycles. The summed E-state index contributed by atoms with van der Waals surface area (Å²) in [5.74, 6) is -0.280. The first-order chi connectivity index (χ1) is 11.5. The number of ether oxygens (including phenoxy) is 1. The Kier molecular flexibility index (Phi) is 5.36. The molecule has 5 nitrogen and oxygen atoms in total. The van der Waals surface area contributed by atoms with Crippen LogP contribution in [0.1, 0.15) is 31.9 Å². The van der Waals surface area contributed by atoms with Crippen molar-refractivity contribution in [2.24, 2.45) is 0 Å². The number of morpholine rings is 1. The molecule has 2 atom stereocenters. The van der Waals surface area contributed by atoms with E-state index in [4.69, 9.17) is 4.74 Å². The Balaban J connectivity index is 1.56. The number of nitrogens with zero attached hydrogens (tertiary/aromatic N) is 2. The van der Waals surface area contributed by atoms with Crippen molar-refractivity contribution in [1.82, 2.24) is 15.1 Å². The lowest BCUT2D eigenvalue weighted by molar-refractivity contribution is -0.0158. The highest BCUT2D eigenvalue weighted by Crippen LogP contribution is 2.23. The molecule has 1 aromatic rings. The molecule has 2 aliphatic rings. The number of carbonyl (C=O) groups excluding carboxylic acids is 1. The number of hydrogen-bond donors (Lipinski definition) is 1. The molecular weight excluding hydrogens is 309 g/mol. The first-order valence-electron chi connectivity index (χ1n) is 8.69. The highest BCUT2D eigenvalue weighted by atomic mass is 19.1. The van der Waals surface area contributed by atoms with Gasteiger partial charge < -0.3 is 15.0 Å². The number of urea groups is 1. The van der Waals surface area contributed by atoms with Crippen LogP contribution in [0.25, 0.3) is 0 Å². The maximum atomic E-state index is 13.4. The Morgan fingerprint density at radius 2 is 2.17 bits per heavy atom. The number of hydrogen-bond acceptors (Lipinski definition) is 3. The largest absolute Gasteiger partial charge is 0.370 e. The lowest BCUT2D eigenvalue weighted by atomic mass is 10.1. The highest BCUT2D eigenvalue weighted by Gasteiger charge is 2.30. The fourth-order valence-electron chi connectivity index (χ4n) is 3.38. The molecule has 6 heteroatoms. The van der Waals surface area contributed by atoms with E-state index in [9.17, 15) is 9.18 Å². The van der Waals surface area contributed by atoms with E-state index >= 15 is 0 Å². The minimum atomic E-state index is -0.280. The van der Waals surface area contributed by atoms with E-state index in [1.165, 1.54) is 12.1 Å². The summed E-state index contributed by atoms with van der Waals surface area (Å²) in [5.41, 5.74) is 0.777. The minimum absolute atomic E-state index is 0.0460. The number of benzene rings is 1. The molecule has 0 aromatic heterocycles. The Labute approximate surface area is 142 Å². The second kappa shape index (κ2) is 7.49. The molecule has 0 unspecified atom stereocenters. The van der Waals surface area contributed by atoms with Gasteiger partial charge in [-0.1, -0.05) is 12.1 Å². The molecule has 2 saturated heterocycles. The van der Waals surface area contributed by atoms with Crippen LogP contribution in [0.5, 0.6) is 0 Å². The molecule has 1 aromatic carbocycles. The van der Waals surface area contributed by atoms with Gasteiger partial charge in [-0.05, 0) is 38.0 Å². The van der Waals surface area contributed by atoms with Crippen LogP contribution >= 0.6 is 0 Å². The topological polar surface area (TPSA) is 44.8 Å². The molecule has 1 N–H and O–H groups in total. The summed E-state index contributed by atoms with van der Waals surface area (Å²) in [6.45, 7) is 7.77. The number of likely N-dealkylation sites (tertiary alicyclic amines) is 1. The quantitative estimate of drug-likeness (QED) is 0.922. The standard InChI is InChI=1S/C18H26FN3O2/c1-13(2)21-7-6-16(11-21)20-18(23)22-8-9-24-17(12-22)14-4-3-5-15(19)10-14/h3-5,10,13,16-17H,6-9,11-12H2,1-2H3,(H,20,23)/t16-,17+/m1/s1. The number of rotatable bonds is 3. The zero-order chi connectivity index (χ0) is 17.1. The van der Waals surface area contributed by atoms with E-state index in [-0.39, 0.29) is 24.0 Å². The van der Waals surface area contributed by atoms with Crippen LogP contribution in [0.15, 0.2) is 24.3 Å². The van der Waals surface area contributed by atoms with Gasteiger partial charge >= 0.3 is 6.03 Å². The van der Waals surface area contributed by atoms with E-state index < -0.39 is 0 Å². The van der Waals surface area contributed by atoms with E-state index in [0.717, 1.165) is 25.1 Å². The fraction of sp³-hybridized carbons (Fsp3) is 0.611. The van der Waals surface area contributed by atoms with Gasteiger partial charge in [-0.2, -0.15) is 0 Å². The third-order valence-electron chi connectivity index (χ3n) is 4.85. The summed E-state index contributed by atoms with van der Waals surface area (Å²) < 4.78 is 19.1. The second-order valence-corrected chi connectivity index (χ2v) is 6.88. The van der Waals surface area contributed by atoms with Gasteiger partial charge in [-0.15, -0.1) is 0 Å². The summed E-state index contributed by atoms with van der Waals surface area (Å²) in [6.07, 6.45) is 0.720. The van der Waals surface area contributed by atoms with Crippen LogP contribution in [0, 0.1) is 5.82 Å². The minimum Gasteiger partial charge on any atom is -0.370 e. The normalized spacial score (nSPS) is 25.2. The molecule has 132 valence electrons. The molecular formula is C18H26FN3O2. The summed E-state index contributed by atoms with van der Waals surface area (Å²) >= 11 is 0. The number of halogens is 1. The van der Waals surface area contributed by atoms with Crippen molar-refractivity contribution in [3.8, 4) is 0 Å². The van der Waals surface area contributed by atoms with Crippen LogP contribution < -0.4 is 5.32 Å². The van der Waals surface area contributed by atoms with E-state index in [0.29, 0.717) is 25.7 Å². The van der Waals surface area contributed by atoms with Crippen LogP contribution in [-0.2, 0) is 4.74 Å². The smallest absolute Gasteiger partial charge is 0.317 e. The molecule has 0 saturated carbocycles.